The Hall–Kier alpha value is -2.54. The van der Waals surface area contributed by atoms with E-state index in [2.05, 4.69) is 0 Å². The minimum Gasteiger partial charge on any atom is -0.475 e. The van der Waals surface area contributed by atoms with Crippen molar-refractivity contribution in [1.82, 2.24) is 0 Å². The van der Waals surface area contributed by atoms with Gasteiger partial charge >= 0.3 is 11.9 Å². The van der Waals surface area contributed by atoms with Crippen LogP contribution in [0.5, 0.6) is 0 Å². The quantitative estimate of drug-likeness (QED) is 0.822. The number of ether oxygens (including phenoxy) is 1. The van der Waals surface area contributed by atoms with Crippen LogP contribution in [0.3, 0.4) is 0 Å². The molecule has 7 heteroatoms. The van der Waals surface area contributed by atoms with E-state index in [0.29, 0.717) is 11.5 Å². The number of carboxylic acids is 2. The monoisotopic (exact) mass is 266 g/mol. The van der Waals surface area contributed by atoms with E-state index in [1.165, 1.54) is 24.3 Å². The molecule has 0 atom stereocenters. The van der Waals surface area contributed by atoms with Crippen molar-refractivity contribution in [2.45, 2.75) is 13.2 Å². The van der Waals surface area contributed by atoms with Gasteiger partial charge in [0.25, 0.3) is 0 Å². The summed E-state index contributed by atoms with van der Waals surface area (Å²) < 4.78 is 15.2. The van der Waals surface area contributed by atoms with Crippen LogP contribution in [0.1, 0.15) is 32.6 Å². The number of carboxylic acid groups (broad SMARTS) is 2. The van der Waals surface area contributed by atoms with E-state index in [0.717, 1.165) is 0 Å². The Kier molecular flexibility index (Phi) is 3.67. The second-order valence-corrected chi connectivity index (χ2v) is 3.64. The highest BCUT2D eigenvalue weighted by atomic mass is 16.5. The van der Waals surface area contributed by atoms with Gasteiger partial charge in [-0.05, 0) is 24.3 Å². The summed E-state index contributed by atoms with van der Waals surface area (Å²) in [7, 11) is 0. The smallest absolute Gasteiger partial charge is 0.371 e. The van der Waals surface area contributed by atoms with E-state index in [1.54, 1.807) is 0 Å². The molecule has 2 rings (SSSR count). The molecular formula is C12H10O7. The topological polar surface area (TPSA) is 110 Å². The lowest BCUT2D eigenvalue weighted by atomic mass is 10.4. The number of rotatable bonds is 6. The van der Waals surface area contributed by atoms with Gasteiger partial charge in [-0.2, -0.15) is 0 Å². The Balaban J connectivity index is 1.85. The number of hydrogen-bond donors (Lipinski definition) is 2. The van der Waals surface area contributed by atoms with Crippen molar-refractivity contribution in [1.29, 1.82) is 0 Å². The van der Waals surface area contributed by atoms with Crippen LogP contribution in [0.15, 0.2) is 33.1 Å². The molecule has 0 aromatic carbocycles. The molecule has 0 spiro atoms. The predicted octanol–water partition coefficient (Wildman–Crippen LogP) is 1.99. The summed E-state index contributed by atoms with van der Waals surface area (Å²) in [4.78, 5) is 21.1. The molecule has 100 valence electrons. The summed E-state index contributed by atoms with van der Waals surface area (Å²) >= 11 is 0. The van der Waals surface area contributed by atoms with Crippen LogP contribution < -0.4 is 0 Å². The average Bonchev–Trinajstić information content (AvgIpc) is 2.97. The fourth-order valence-electron chi connectivity index (χ4n) is 1.39. The van der Waals surface area contributed by atoms with E-state index >= 15 is 0 Å². The summed E-state index contributed by atoms with van der Waals surface area (Å²) in [5.74, 6) is -1.90. The highest BCUT2D eigenvalue weighted by Crippen LogP contribution is 2.12. The van der Waals surface area contributed by atoms with Gasteiger partial charge in [0, 0.05) is 0 Å². The van der Waals surface area contributed by atoms with E-state index in [4.69, 9.17) is 23.8 Å². The highest BCUT2D eigenvalue weighted by Gasteiger charge is 2.11. The molecular weight excluding hydrogens is 256 g/mol. The van der Waals surface area contributed by atoms with Crippen molar-refractivity contribution in [2.24, 2.45) is 0 Å². The van der Waals surface area contributed by atoms with Gasteiger partial charge in [-0.25, -0.2) is 9.59 Å². The Labute approximate surface area is 107 Å². The molecule has 2 heterocycles. The molecule has 0 bridgehead atoms. The van der Waals surface area contributed by atoms with Gasteiger partial charge in [-0.3, -0.25) is 0 Å². The lowest BCUT2D eigenvalue weighted by Gasteiger charge is -1.99. The van der Waals surface area contributed by atoms with Crippen LogP contribution >= 0.6 is 0 Å². The number of hydrogen-bond acceptors (Lipinski definition) is 5. The standard InChI is InChI=1S/C12H10O7/c13-11(14)9-3-1-7(18-9)5-17-6-8-2-4-10(19-8)12(15)16/h1-4H,5-6H2,(H,13,14)(H,15,16). The zero-order chi connectivity index (χ0) is 13.8. The second kappa shape index (κ2) is 5.40. The molecule has 0 saturated heterocycles. The third kappa shape index (κ3) is 3.23. The molecule has 7 nitrogen and oxygen atoms in total. The molecule has 0 amide bonds. The Morgan fingerprint density at radius 1 is 0.895 bits per heavy atom. The van der Waals surface area contributed by atoms with Gasteiger partial charge < -0.3 is 23.8 Å². The minimum atomic E-state index is -1.15. The lowest BCUT2D eigenvalue weighted by Crippen LogP contribution is -1.94. The van der Waals surface area contributed by atoms with Crippen molar-refractivity contribution in [2.75, 3.05) is 0 Å². The Morgan fingerprint density at radius 2 is 1.32 bits per heavy atom. The minimum absolute atomic E-state index is 0.0659. The number of furan rings is 2. The third-order valence-corrected chi connectivity index (χ3v) is 2.23. The zero-order valence-electron chi connectivity index (χ0n) is 9.66. The van der Waals surface area contributed by atoms with Gasteiger partial charge in [0.05, 0.1) is 0 Å². The van der Waals surface area contributed by atoms with Crippen molar-refractivity contribution < 1.29 is 33.4 Å². The summed E-state index contributed by atoms with van der Waals surface area (Å²) in [5.41, 5.74) is 0. The predicted molar refractivity (Wildman–Crippen MR) is 59.8 cm³/mol. The van der Waals surface area contributed by atoms with Gasteiger partial charge in [-0.1, -0.05) is 0 Å². The molecule has 0 aliphatic rings. The summed E-state index contributed by atoms with van der Waals surface area (Å²) in [6, 6.07) is 5.65. The summed E-state index contributed by atoms with van der Waals surface area (Å²) in [6.07, 6.45) is 0. The molecule has 0 radical (unpaired) electrons. The fourth-order valence-corrected chi connectivity index (χ4v) is 1.39. The number of carbonyl (C=O) groups is 2. The van der Waals surface area contributed by atoms with Gasteiger partial charge in [0.15, 0.2) is 0 Å². The molecule has 0 unspecified atom stereocenters. The van der Waals surface area contributed by atoms with E-state index in [9.17, 15) is 9.59 Å². The summed E-state index contributed by atoms with van der Waals surface area (Å²) in [6.45, 7) is 0.132. The maximum Gasteiger partial charge on any atom is 0.371 e. The third-order valence-electron chi connectivity index (χ3n) is 2.23. The van der Waals surface area contributed by atoms with Crippen LogP contribution in [0.4, 0.5) is 0 Å². The molecule has 2 aromatic heterocycles. The molecule has 2 aromatic rings. The first-order chi connectivity index (χ1) is 9.06. The fraction of sp³-hybridized carbons (Fsp3) is 0.167. The van der Waals surface area contributed by atoms with Crippen LogP contribution in [-0.2, 0) is 18.0 Å². The SMILES string of the molecule is O=C(O)c1ccc(COCc2ccc(C(=O)O)o2)o1. The van der Waals surface area contributed by atoms with Crippen molar-refractivity contribution >= 4 is 11.9 Å². The van der Waals surface area contributed by atoms with Gasteiger partial charge in [0.2, 0.25) is 11.5 Å². The molecule has 0 fully saturated rings. The molecule has 0 saturated carbocycles. The largest absolute Gasteiger partial charge is 0.475 e. The average molecular weight is 266 g/mol. The van der Waals surface area contributed by atoms with E-state index in [1.807, 2.05) is 0 Å². The van der Waals surface area contributed by atoms with Crippen LogP contribution in [0, 0.1) is 0 Å². The summed E-state index contributed by atoms with van der Waals surface area (Å²) in [5, 5.41) is 17.3. The Bertz CT molecular complexity index is 540. The maximum atomic E-state index is 10.6. The number of aromatic carboxylic acids is 2. The van der Waals surface area contributed by atoms with E-state index < -0.39 is 11.9 Å². The molecule has 0 aliphatic carbocycles. The van der Waals surface area contributed by atoms with Crippen LogP contribution in [0.2, 0.25) is 0 Å². The van der Waals surface area contributed by atoms with Crippen LogP contribution in [-0.4, -0.2) is 22.2 Å². The van der Waals surface area contributed by atoms with Crippen molar-refractivity contribution in [3.63, 3.8) is 0 Å². The van der Waals surface area contributed by atoms with Gasteiger partial charge in [0.1, 0.15) is 24.7 Å². The van der Waals surface area contributed by atoms with E-state index in [-0.39, 0.29) is 24.7 Å². The molecule has 0 aliphatic heterocycles. The zero-order valence-corrected chi connectivity index (χ0v) is 9.66. The van der Waals surface area contributed by atoms with Crippen molar-refractivity contribution in [3.05, 3.63) is 47.3 Å². The normalized spacial score (nSPS) is 10.5. The maximum absolute atomic E-state index is 10.6. The van der Waals surface area contributed by atoms with Gasteiger partial charge in [-0.15, -0.1) is 0 Å². The second-order valence-electron chi connectivity index (χ2n) is 3.64. The first kappa shape index (κ1) is 12.9. The first-order valence-corrected chi connectivity index (χ1v) is 5.28. The van der Waals surface area contributed by atoms with Crippen LogP contribution in [0.25, 0.3) is 0 Å². The Morgan fingerprint density at radius 3 is 1.63 bits per heavy atom. The van der Waals surface area contributed by atoms with Crippen molar-refractivity contribution in [3.8, 4) is 0 Å². The molecule has 2 N–H and O–H groups in total. The molecule has 19 heavy (non-hydrogen) atoms. The highest BCUT2D eigenvalue weighted by molar-refractivity contribution is 5.84. The first-order valence-electron chi connectivity index (χ1n) is 5.28. The lowest BCUT2D eigenvalue weighted by molar-refractivity contribution is 0.0612.